The van der Waals surface area contributed by atoms with Crippen molar-refractivity contribution in [2.24, 2.45) is 0 Å². The quantitative estimate of drug-likeness (QED) is 0.923. The van der Waals surface area contributed by atoms with Gasteiger partial charge < -0.3 is 10.2 Å². The number of likely N-dealkylation sites (tertiary alicyclic amines) is 1. The minimum Gasteiger partial charge on any atom is -0.334 e. The Hall–Kier alpha value is -0.580. The molecule has 3 nitrogen and oxygen atoms in total. The summed E-state index contributed by atoms with van der Waals surface area (Å²) in [6.07, 6.45) is 2.14. The number of rotatable bonds is 3. The lowest BCUT2D eigenvalue weighted by molar-refractivity contribution is 0.0736. The Morgan fingerprint density at radius 1 is 1.61 bits per heavy atom. The second-order valence-electron chi connectivity index (χ2n) is 4.48. The van der Waals surface area contributed by atoms with Gasteiger partial charge in [-0.05, 0) is 54.0 Å². The number of hydrogen-bond donors (Lipinski definition) is 1. The maximum Gasteiger partial charge on any atom is 0.255 e. The van der Waals surface area contributed by atoms with Gasteiger partial charge in [-0.3, -0.25) is 4.79 Å². The monoisotopic (exact) mass is 330 g/mol. The van der Waals surface area contributed by atoms with Gasteiger partial charge in [0.15, 0.2) is 0 Å². The first-order chi connectivity index (χ1) is 8.63. The fourth-order valence-corrected chi connectivity index (χ4v) is 3.22. The number of hydrogen-bond acceptors (Lipinski definition) is 2. The van der Waals surface area contributed by atoms with Crippen LogP contribution in [0, 0.1) is 0 Å². The molecule has 18 heavy (non-hydrogen) atoms. The summed E-state index contributed by atoms with van der Waals surface area (Å²) in [5.41, 5.74) is 0.683. The van der Waals surface area contributed by atoms with Gasteiger partial charge in [0.25, 0.3) is 5.91 Å². The molecule has 0 spiro atoms. The van der Waals surface area contributed by atoms with E-state index in [9.17, 15) is 4.79 Å². The van der Waals surface area contributed by atoms with Crippen LogP contribution in [0.4, 0.5) is 0 Å². The molecule has 0 saturated carbocycles. The molecule has 0 aliphatic carbocycles. The van der Waals surface area contributed by atoms with E-state index in [2.05, 4.69) is 21.2 Å². The van der Waals surface area contributed by atoms with E-state index in [1.54, 1.807) is 18.2 Å². The van der Waals surface area contributed by atoms with Crippen molar-refractivity contribution in [3.63, 3.8) is 0 Å². The minimum atomic E-state index is 0.0799. The van der Waals surface area contributed by atoms with Crippen molar-refractivity contribution in [3.05, 3.63) is 33.3 Å². The van der Waals surface area contributed by atoms with Crippen LogP contribution in [0.5, 0.6) is 0 Å². The van der Waals surface area contributed by atoms with E-state index in [1.165, 1.54) is 0 Å². The molecular weight excluding hydrogens is 316 g/mol. The average molecular weight is 332 g/mol. The molecule has 1 amide bonds. The van der Waals surface area contributed by atoms with Crippen molar-refractivity contribution in [1.29, 1.82) is 0 Å². The van der Waals surface area contributed by atoms with Gasteiger partial charge in [-0.25, -0.2) is 0 Å². The second-order valence-corrected chi connectivity index (χ2v) is 5.77. The zero-order chi connectivity index (χ0) is 13.1. The Kier molecular flexibility index (Phi) is 4.65. The molecule has 98 valence electrons. The van der Waals surface area contributed by atoms with Gasteiger partial charge in [0.2, 0.25) is 0 Å². The van der Waals surface area contributed by atoms with Crippen molar-refractivity contribution in [2.75, 3.05) is 20.1 Å². The first kappa shape index (κ1) is 13.8. The molecule has 1 aromatic rings. The highest BCUT2D eigenvalue weighted by Crippen LogP contribution is 2.26. The topological polar surface area (TPSA) is 32.3 Å². The molecule has 1 saturated heterocycles. The number of nitrogens with zero attached hydrogens (tertiary/aromatic N) is 1. The summed E-state index contributed by atoms with van der Waals surface area (Å²) in [5, 5.41) is 3.77. The third-order valence-electron chi connectivity index (χ3n) is 3.24. The van der Waals surface area contributed by atoms with Crippen LogP contribution in [0.3, 0.4) is 0 Å². The van der Waals surface area contributed by atoms with E-state index < -0.39 is 0 Å². The molecule has 2 rings (SSSR count). The summed E-state index contributed by atoms with van der Waals surface area (Å²) in [6.45, 7) is 1.68. The van der Waals surface area contributed by atoms with Gasteiger partial charge in [-0.2, -0.15) is 0 Å². The lowest BCUT2D eigenvalue weighted by Crippen LogP contribution is -2.40. The lowest BCUT2D eigenvalue weighted by atomic mass is 10.1. The van der Waals surface area contributed by atoms with Crippen LogP contribution in [0.25, 0.3) is 0 Å². The molecule has 0 bridgehead atoms. The molecule has 5 heteroatoms. The van der Waals surface area contributed by atoms with Crippen LogP contribution in [0.1, 0.15) is 23.2 Å². The zero-order valence-corrected chi connectivity index (χ0v) is 12.6. The first-order valence-corrected chi connectivity index (χ1v) is 7.21. The number of amides is 1. The third-order valence-corrected chi connectivity index (χ3v) is 4.13. The van der Waals surface area contributed by atoms with Gasteiger partial charge in [0.1, 0.15) is 0 Å². The lowest BCUT2D eigenvalue weighted by Gasteiger charge is -2.25. The maximum atomic E-state index is 12.5. The number of nitrogens with one attached hydrogen (secondary N) is 1. The van der Waals surface area contributed by atoms with Crippen molar-refractivity contribution in [1.82, 2.24) is 10.2 Å². The first-order valence-electron chi connectivity index (χ1n) is 6.04. The summed E-state index contributed by atoms with van der Waals surface area (Å²) in [5.74, 6) is 0.0799. The maximum absolute atomic E-state index is 12.5. The summed E-state index contributed by atoms with van der Waals surface area (Å²) in [4.78, 5) is 14.4. The Bertz CT molecular complexity index is 453. The van der Waals surface area contributed by atoms with Crippen molar-refractivity contribution < 1.29 is 4.79 Å². The molecule has 1 atom stereocenters. The average Bonchev–Trinajstić information content (AvgIpc) is 2.77. The van der Waals surface area contributed by atoms with Crippen LogP contribution in [0.15, 0.2) is 22.7 Å². The Morgan fingerprint density at radius 2 is 2.39 bits per heavy atom. The third kappa shape index (κ3) is 2.87. The largest absolute Gasteiger partial charge is 0.334 e. The molecule has 1 N–H and O–H groups in total. The summed E-state index contributed by atoms with van der Waals surface area (Å²) < 4.78 is 0.759. The molecule has 1 aromatic carbocycles. The van der Waals surface area contributed by atoms with Crippen LogP contribution < -0.4 is 5.32 Å². The highest BCUT2D eigenvalue weighted by molar-refractivity contribution is 9.10. The van der Waals surface area contributed by atoms with Gasteiger partial charge >= 0.3 is 0 Å². The van der Waals surface area contributed by atoms with Gasteiger partial charge in [0.05, 0.1) is 5.56 Å². The van der Waals surface area contributed by atoms with E-state index in [1.807, 2.05) is 11.9 Å². The molecule has 1 unspecified atom stereocenters. The van der Waals surface area contributed by atoms with Crippen LogP contribution in [-0.4, -0.2) is 37.0 Å². The fraction of sp³-hybridized carbons (Fsp3) is 0.462. The van der Waals surface area contributed by atoms with Crippen LogP contribution >= 0.6 is 27.5 Å². The van der Waals surface area contributed by atoms with E-state index in [-0.39, 0.29) is 5.91 Å². The molecule has 0 aromatic heterocycles. The summed E-state index contributed by atoms with van der Waals surface area (Å²) in [7, 11) is 1.92. The van der Waals surface area contributed by atoms with Crippen molar-refractivity contribution in [2.45, 2.75) is 18.9 Å². The molecule has 1 fully saturated rings. The fourth-order valence-electron chi connectivity index (χ4n) is 2.37. The number of benzene rings is 1. The zero-order valence-electron chi connectivity index (χ0n) is 10.2. The number of halogens is 2. The predicted octanol–water partition coefficient (Wildman–Crippen LogP) is 2.93. The number of likely N-dealkylation sites (N-methyl/N-ethyl adjacent to an activating group) is 1. The van der Waals surface area contributed by atoms with E-state index >= 15 is 0 Å². The minimum absolute atomic E-state index is 0.0799. The van der Waals surface area contributed by atoms with Crippen molar-refractivity contribution >= 4 is 33.4 Å². The van der Waals surface area contributed by atoms with E-state index in [4.69, 9.17) is 11.6 Å². The van der Waals surface area contributed by atoms with E-state index in [0.29, 0.717) is 16.6 Å². The second kappa shape index (κ2) is 6.04. The SMILES string of the molecule is CNCC1CCCN1C(=O)c1ccc(Cl)cc1Br. The number of carbonyl (C=O) groups excluding carboxylic acids is 1. The predicted molar refractivity (Wildman–Crippen MR) is 77.1 cm³/mol. The van der Waals surface area contributed by atoms with E-state index in [0.717, 1.165) is 30.4 Å². The smallest absolute Gasteiger partial charge is 0.255 e. The molecule has 0 radical (unpaired) electrons. The Labute approximate surface area is 121 Å². The van der Waals surface area contributed by atoms with Gasteiger partial charge in [-0.15, -0.1) is 0 Å². The highest BCUT2D eigenvalue weighted by atomic mass is 79.9. The summed E-state index contributed by atoms with van der Waals surface area (Å²) in [6, 6.07) is 5.59. The van der Waals surface area contributed by atoms with Crippen LogP contribution in [0.2, 0.25) is 5.02 Å². The Balaban J connectivity index is 2.20. The Morgan fingerprint density at radius 3 is 3.06 bits per heavy atom. The molecule has 1 aliphatic heterocycles. The van der Waals surface area contributed by atoms with Gasteiger partial charge in [0, 0.05) is 28.6 Å². The number of carbonyl (C=O) groups is 1. The molecule has 1 aliphatic rings. The highest BCUT2D eigenvalue weighted by Gasteiger charge is 2.29. The summed E-state index contributed by atoms with van der Waals surface area (Å²) >= 11 is 9.30. The standard InChI is InChI=1S/C13H16BrClN2O/c1-16-8-10-3-2-6-17(10)13(18)11-5-4-9(15)7-12(11)14/h4-5,7,10,16H,2-3,6,8H2,1H3. The molecule has 1 heterocycles. The molecular formula is C13H16BrClN2O. The normalized spacial score (nSPS) is 19.3. The van der Waals surface area contributed by atoms with Crippen LogP contribution in [-0.2, 0) is 0 Å². The van der Waals surface area contributed by atoms with Gasteiger partial charge in [-0.1, -0.05) is 11.6 Å². The van der Waals surface area contributed by atoms with Crippen molar-refractivity contribution in [3.8, 4) is 0 Å².